The molecule has 4 heteroatoms. The lowest BCUT2D eigenvalue weighted by molar-refractivity contribution is 0.415. The average molecular weight is 217 g/mol. The molecule has 4 nitrogen and oxygen atoms in total. The van der Waals surface area contributed by atoms with Crippen LogP contribution in [0.3, 0.4) is 0 Å². The van der Waals surface area contributed by atoms with Gasteiger partial charge in [0, 0.05) is 12.6 Å². The van der Waals surface area contributed by atoms with Gasteiger partial charge in [0.05, 0.1) is 18.5 Å². The number of rotatable bonds is 3. The van der Waals surface area contributed by atoms with E-state index in [4.69, 9.17) is 4.74 Å². The maximum atomic E-state index is 5.20. The predicted molar refractivity (Wildman–Crippen MR) is 64.9 cm³/mol. The summed E-state index contributed by atoms with van der Waals surface area (Å²) >= 11 is 0. The maximum absolute atomic E-state index is 5.20. The maximum Gasteiger partial charge on any atom is 0.119 e. The molecule has 0 saturated heterocycles. The van der Waals surface area contributed by atoms with Crippen molar-refractivity contribution in [2.24, 2.45) is 0 Å². The SMILES string of the molecule is CNc1c(-c2cccc(OC)c2)n[nH]c1C. The van der Waals surface area contributed by atoms with Gasteiger partial charge in [0.2, 0.25) is 0 Å². The molecule has 0 bridgehead atoms. The van der Waals surface area contributed by atoms with Gasteiger partial charge < -0.3 is 10.1 Å². The van der Waals surface area contributed by atoms with E-state index in [2.05, 4.69) is 15.5 Å². The number of benzene rings is 1. The third-order valence-corrected chi connectivity index (χ3v) is 2.54. The number of ether oxygens (including phenoxy) is 1. The Morgan fingerprint density at radius 2 is 2.19 bits per heavy atom. The number of aromatic nitrogens is 2. The van der Waals surface area contributed by atoms with Gasteiger partial charge in [0.15, 0.2) is 0 Å². The first-order valence-electron chi connectivity index (χ1n) is 5.13. The molecule has 0 atom stereocenters. The number of aryl methyl sites for hydroxylation is 1. The second-order valence-corrected chi connectivity index (χ2v) is 3.55. The molecule has 2 rings (SSSR count). The number of nitrogens with zero attached hydrogens (tertiary/aromatic N) is 1. The first kappa shape index (κ1) is 10.5. The Morgan fingerprint density at radius 3 is 2.88 bits per heavy atom. The zero-order valence-electron chi connectivity index (χ0n) is 9.66. The first-order chi connectivity index (χ1) is 7.76. The summed E-state index contributed by atoms with van der Waals surface area (Å²) in [7, 11) is 3.55. The number of hydrogen-bond donors (Lipinski definition) is 2. The van der Waals surface area contributed by atoms with Crippen LogP contribution in [0, 0.1) is 6.92 Å². The van der Waals surface area contributed by atoms with E-state index < -0.39 is 0 Å². The van der Waals surface area contributed by atoms with Gasteiger partial charge in [-0.2, -0.15) is 5.10 Å². The predicted octanol–water partition coefficient (Wildman–Crippen LogP) is 2.44. The number of aromatic amines is 1. The number of methoxy groups -OCH3 is 1. The standard InChI is InChI=1S/C12H15N3O/c1-8-11(13-2)12(15-14-8)9-5-4-6-10(7-9)16-3/h4-7,13H,1-3H3,(H,14,15). The molecule has 1 heterocycles. The Kier molecular flexibility index (Phi) is 2.81. The highest BCUT2D eigenvalue weighted by molar-refractivity contribution is 5.76. The molecular weight excluding hydrogens is 202 g/mol. The summed E-state index contributed by atoms with van der Waals surface area (Å²) in [5.74, 6) is 0.834. The number of H-pyrrole nitrogens is 1. The molecule has 84 valence electrons. The molecule has 1 aromatic heterocycles. The molecule has 16 heavy (non-hydrogen) atoms. The van der Waals surface area contributed by atoms with Crippen molar-refractivity contribution in [2.75, 3.05) is 19.5 Å². The van der Waals surface area contributed by atoms with Gasteiger partial charge in [-0.15, -0.1) is 0 Å². The molecular formula is C12H15N3O. The van der Waals surface area contributed by atoms with Crippen molar-refractivity contribution in [3.63, 3.8) is 0 Å². The van der Waals surface area contributed by atoms with Gasteiger partial charge in [0.25, 0.3) is 0 Å². The second kappa shape index (κ2) is 4.26. The van der Waals surface area contributed by atoms with Crippen molar-refractivity contribution in [2.45, 2.75) is 6.92 Å². The van der Waals surface area contributed by atoms with Crippen LogP contribution >= 0.6 is 0 Å². The molecule has 0 radical (unpaired) electrons. The first-order valence-corrected chi connectivity index (χ1v) is 5.13. The van der Waals surface area contributed by atoms with Crippen LogP contribution in [0.1, 0.15) is 5.69 Å². The molecule has 0 aliphatic carbocycles. The lowest BCUT2D eigenvalue weighted by atomic mass is 10.1. The highest BCUT2D eigenvalue weighted by atomic mass is 16.5. The van der Waals surface area contributed by atoms with Crippen LogP contribution in [0.25, 0.3) is 11.3 Å². The minimum absolute atomic E-state index is 0.834. The van der Waals surface area contributed by atoms with Crippen LogP contribution in [0.15, 0.2) is 24.3 Å². The zero-order valence-corrected chi connectivity index (χ0v) is 9.66. The third kappa shape index (κ3) is 1.74. The molecule has 0 aliphatic heterocycles. The molecule has 1 aromatic carbocycles. The zero-order chi connectivity index (χ0) is 11.5. The normalized spacial score (nSPS) is 10.2. The molecule has 0 spiro atoms. The van der Waals surface area contributed by atoms with Gasteiger partial charge in [0.1, 0.15) is 11.4 Å². The molecule has 0 unspecified atom stereocenters. The van der Waals surface area contributed by atoms with E-state index in [1.165, 1.54) is 0 Å². The third-order valence-electron chi connectivity index (χ3n) is 2.54. The monoisotopic (exact) mass is 217 g/mol. The van der Waals surface area contributed by atoms with Crippen molar-refractivity contribution in [3.8, 4) is 17.0 Å². The second-order valence-electron chi connectivity index (χ2n) is 3.55. The summed E-state index contributed by atoms with van der Waals surface area (Å²) in [5, 5.41) is 10.4. The minimum Gasteiger partial charge on any atom is -0.497 e. The smallest absolute Gasteiger partial charge is 0.119 e. The molecule has 0 aliphatic rings. The van der Waals surface area contributed by atoms with Gasteiger partial charge >= 0.3 is 0 Å². The molecule has 2 aromatic rings. The minimum atomic E-state index is 0.834. The van der Waals surface area contributed by atoms with Gasteiger partial charge in [-0.3, -0.25) is 5.10 Å². The Labute approximate surface area is 94.6 Å². The van der Waals surface area contributed by atoms with Crippen LogP contribution in [0.5, 0.6) is 5.75 Å². The van der Waals surface area contributed by atoms with Crippen molar-refractivity contribution < 1.29 is 4.74 Å². The fourth-order valence-corrected chi connectivity index (χ4v) is 1.71. The van der Waals surface area contributed by atoms with E-state index in [0.29, 0.717) is 0 Å². The van der Waals surface area contributed by atoms with Gasteiger partial charge in [-0.1, -0.05) is 12.1 Å². The van der Waals surface area contributed by atoms with Crippen molar-refractivity contribution in [1.82, 2.24) is 10.2 Å². The van der Waals surface area contributed by atoms with E-state index in [1.54, 1.807) is 7.11 Å². The number of nitrogens with one attached hydrogen (secondary N) is 2. The molecule has 0 fully saturated rings. The van der Waals surface area contributed by atoms with E-state index >= 15 is 0 Å². The lowest BCUT2D eigenvalue weighted by Gasteiger charge is -2.04. The van der Waals surface area contributed by atoms with Gasteiger partial charge in [-0.25, -0.2) is 0 Å². The highest BCUT2D eigenvalue weighted by Gasteiger charge is 2.10. The highest BCUT2D eigenvalue weighted by Crippen LogP contribution is 2.29. The topological polar surface area (TPSA) is 49.9 Å². The van der Waals surface area contributed by atoms with Crippen LogP contribution in [-0.4, -0.2) is 24.4 Å². The van der Waals surface area contributed by atoms with Crippen molar-refractivity contribution in [1.29, 1.82) is 0 Å². The van der Waals surface area contributed by atoms with Crippen LogP contribution in [0.4, 0.5) is 5.69 Å². The summed E-state index contributed by atoms with van der Waals surface area (Å²) in [5.41, 5.74) is 4.00. The summed E-state index contributed by atoms with van der Waals surface area (Å²) in [6, 6.07) is 7.86. The average Bonchev–Trinajstić information content (AvgIpc) is 2.70. The largest absolute Gasteiger partial charge is 0.497 e. The summed E-state index contributed by atoms with van der Waals surface area (Å²) in [4.78, 5) is 0. The Balaban J connectivity index is 2.49. The fraction of sp³-hybridized carbons (Fsp3) is 0.250. The summed E-state index contributed by atoms with van der Waals surface area (Å²) in [6.45, 7) is 1.99. The molecule has 0 saturated carbocycles. The fourth-order valence-electron chi connectivity index (χ4n) is 1.71. The number of anilines is 1. The van der Waals surface area contributed by atoms with E-state index in [1.807, 2.05) is 38.2 Å². The molecule has 0 amide bonds. The van der Waals surface area contributed by atoms with E-state index in [0.717, 1.165) is 28.4 Å². The van der Waals surface area contributed by atoms with Gasteiger partial charge in [-0.05, 0) is 19.1 Å². The van der Waals surface area contributed by atoms with Crippen molar-refractivity contribution >= 4 is 5.69 Å². The van der Waals surface area contributed by atoms with Crippen molar-refractivity contribution in [3.05, 3.63) is 30.0 Å². The Hall–Kier alpha value is -1.97. The van der Waals surface area contributed by atoms with Crippen LogP contribution < -0.4 is 10.1 Å². The Bertz CT molecular complexity index is 491. The number of hydrogen-bond acceptors (Lipinski definition) is 3. The van der Waals surface area contributed by atoms with E-state index in [9.17, 15) is 0 Å². The molecule has 2 N–H and O–H groups in total. The van der Waals surface area contributed by atoms with Crippen LogP contribution in [-0.2, 0) is 0 Å². The van der Waals surface area contributed by atoms with Crippen LogP contribution in [0.2, 0.25) is 0 Å². The summed E-state index contributed by atoms with van der Waals surface area (Å²) < 4.78 is 5.20. The summed E-state index contributed by atoms with van der Waals surface area (Å²) in [6.07, 6.45) is 0. The quantitative estimate of drug-likeness (QED) is 0.830. The Morgan fingerprint density at radius 1 is 1.38 bits per heavy atom. The lowest BCUT2D eigenvalue weighted by Crippen LogP contribution is -1.91. The van der Waals surface area contributed by atoms with E-state index in [-0.39, 0.29) is 0 Å².